The zero-order valence-corrected chi connectivity index (χ0v) is 13.7. The van der Waals surface area contributed by atoms with Gasteiger partial charge in [0.1, 0.15) is 5.75 Å². The molecule has 21 heavy (non-hydrogen) atoms. The minimum absolute atomic E-state index is 0.597. The Kier molecular flexibility index (Phi) is 6.73. The van der Waals surface area contributed by atoms with Crippen molar-refractivity contribution in [2.45, 2.75) is 58.8 Å². The Hall–Kier alpha value is -1.51. The second kappa shape index (κ2) is 8.06. The van der Waals surface area contributed by atoms with Gasteiger partial charge < -0.3 is 9.84 Å². The van der Waals surface area contributed by atoms with Crippen LogP contribution in [0.5, 0.6) is 5.75 Å². The average Bonchev–Trinajstić information content (AvgIpc) is 2.47. The number of hydrogen-bond donors (Lipinski definition) is 1. The molecule has 0 fully saturated rings. The highest BCUT2D eigenvalue weighted by Crippen LogP contribution is 2.26. The van der Waals surface area contributed by atoms with Crippen LogP contribution in [0.2, 0.25) is 0 Å². The van der Waals surface area contributed by atoms with Gasteiger partial charge in [-0.1, -0.05) is 45.2 Å². The van der Waals surface area contributed by atoms with Gasteiger partial charge in [0.15, 0.2) is 0 Å². The fourth-order valence-electron chi connectivity index (χ4n) is 2.20. The van der Waals surface area contributed by atoms with E-state index in [-0.39, 0.29) is 0 Å². The van der Waals surface area contributed by atoms with Gasteiger partial charge in [0, 0.05) is 0 Å². The van der Waals surface area contributed by atoms with E-state index in [1.54, 1.807) is 13.8 Å². The topological polar surface area (TPSA) is 46.5 Å². The summed E-state index contributed by atoms with van der Waals surface area (Å²) >= 11 is 0. The number of benzene rings is 1. The van der Waals surface area contributed by atoms with Crippen molar-refractivity contribution in [3.63, 3.8) is 0 Å². The highest BCUT2D eigenvalue weighted by molar-refractivity contribution is 5.80. The van der Waals surface area contributed by atoms with E-state index in [9.17, 15) is 9.90 Å². The van der Waals surface area contributed by atoms with Gasteiger partial charge in [-0.15, -0.1) is 0 Å². The number of aliphatic carboxylic acids is 1. The summed E-state index contributed by atoms with van der Waals surface area (Å²) in [7, 11) is 0. The predicted octanol–water partition coefficient (Wildman–Crippen LogP) is 4.64. The molecule has 0 saturated carbocycles. The van der Waals surface area contributed by atoms with Crippen LogP contribution in [0.1, 0.15) is 58.9 Å². The fourth-order valence-corrected chi connectivity index (χ4v) is 2.20. The third kappa shape index (κ3) is 5.07. The molecule has 0 aliphatic rings. The van der Waals surface area contributed by atoms with Crippen LogP contribution in [-0.4, -0.2) is 17.7 Å². The molecule has 1 N–H and O–H groups in total. The van der Waals surface area contributed by atoms with Crippen LogP contribution in [0.25, 0.3) is 0 Å². The Morgan fingerprint density at radius 2 is 1.86 bits per heavy atom. The normalized spacial score (nSPS) is 13.0. The van der Waals surface area contributed by atoms with Crippen molar-refractivity contribution in [1.82, 2.24) is 0 Å². The summed E-state index contributed by atoms with van der Waals surface area (Å²) in [6, 6.07) is 7.42. The van der Waals surface area contributed by atoms with Gasteiger partial charge >= 0.3 is 5.97 Å². The smallest absolute Gasteiger partial charge is 0.313 e. The maximum absolute atomic E-state index is 11.2. The van der Waals surface area contributed by atoms with Crippen molar-refractivity contribution in [2.24, 2.45) is 5.92 Å². The number of carboxylic acid groups (broad SMARTS) is 1. The lowest BCUT2D eigenvalue weighted by Crippen LogP contribution is -2.28. The SMILES string of the molecule is CCCCC(CC)COc1ccc(C(C)(C)C(=O)O)cc1. The first-order chi connectivity index (χ1) is 9.91. The molecule has 118 valence electrons. The summed E-state index contributed by atoms with van der Waals surface area (Å²) in [6.45, 7) is 8.56. The fraction of sp³-hybridized carbons (Fsp3) is 0.611. The lowest BCUT2D eigenvalue weighted by molar-refractivity contribution is -0.142. The van der Waals surface area contributed by atoms with Gasteiger partial charge in [-0.05, 0) is 43.9 Å². The van der Waals surface area contributed by atoms with Crippen LogP contribution >= 0.6 is 0 Å². The van der Waals surface area contributed by atoms with Crippen LogP contribution in [0, 0.1) is 5.92 Å². The Bertz CT molecular complexity index is 434. The van der Waals surface area contributed by atoms with E-state index >= 15 is 0 Å². The predicted molar refractivity (Wildman–Crippen MR) is 85.9 cm³/mol. The summed E-state index contributed by atoms with van der Waals surface area (Å²) in [5, 5.41) is 9.22. The number of ether oxygens (including phenoxy) is 1. The quantitative estimate of drug-likeness (QED) is 0.721. The van der Waals surface area contributed by atoms with E-state index in [0.717, 1.165) is 24.3 Å². The molecule has 0 spiro atoms. The Morgan fingerprint density at radius 3 is 2.33 bits per heavy atom. The van der Waals surface area contributed by atoms with E-state index in [0.29, 0.717) is 5.92 Å². The van der Waals surface area contributed by atoms with E-state index in [1.807, 2.05) is 24.3 Å². The molecule has 0 heterocycles. The second-order valence-corrected chi connectivity index (χ2v) is 6.18. The van der Waals surface area contributed by atoms with Crippen molar-refractivity contribution in [1.29, 1.82) is 0 Å². The lowest BCUT2D eigenvalue weighted by Gasteiger charge is -2.20. The molecule has 0 radical (unpaired) electrons. The Labute approximate surface area is 128 Å². The summed E-state index contributed by atoms with van der Waals surface area (Å²) < 4.78 is 5.84. The molecule has 3 nitrogen and oxygen atoms in total. The molecule has 1 unspecified atom stereocenters. The van der Waals surface area contributed by atoms with Gasteiger partial charge in [0.2, 0.25) is 0 Å². The Balaban J connectivity index is 2.60. The molecule has 0 aliphatic heterocycles. The summed E-state index contributed by atoms with van der Waals surface area (Å²) in [5.74, 6) is 0.594. The van der Waals surface area contributed by atoms with Crippen molar-refractivity contribution in [3.8, 4) is 5.75 Å². The standard InChI is InChI=1S/C18H28O3/c1-5-7-8-14(6-2)13-21-16-11-9-15(10-12-16)18(3,4)17(19)20/h9-12,14H,5-8,13H2,1-4H3,(H,19,20). The third-order valence-corrected chi connectivity index (χ3v) is 4.14. The molecule has 0 amide bonds. The number of carbonyl (C=O) groups is 1. The van der Waals surface area contributed by atoms with Crippen LogP contribution in [0.3, 0.4) is 0 Å². The van der Waals surface area contributed by atoms with Gasteiger partial charge in [0.05, 0.1) is 12.0 Å². The minimum atomic E-state index is -0.869. The highest BCUT2D eigenvalue weighted by atomic mass is 16.5. The van der Waals surface area contributed by atoms with Gasteiger partial charge in [-0.3, -0.25) is 4.79 Å². The zero-order valence-electron chi connectivity index (χ0n) is 13.7. The first-order valence-electron chi connectivity index (χ1n) is 7.88. The van der Waals surface area contributed by atoms with Gasteiger partial charge in [-0.2, -0.15) is 0 Å². The van der Waals surface area contributed by atoms with E-state index < -0.39 is 11.4 Å². The number of unbranched alkanes of at least 4 members (excludes halogenated alkanes) is 1. The van der Waals surface area contributed by atoms with Crippen molar-refractivity contribution >= 4 is 5.97 Å². The van der Waals surface area contributed by atoms with Crippen molar-refractivity contribution in [3.05, 3.63) is 29.8 Å². The molecular formula is C18H28O3. The van der Waals surface area contributed by atoms with E-state index in [2.05, 4.69) is 13.8 Å². The van der Waals surface area contributed by atoms with Gasteiger partial charge in [-0.25, -0.2) is 0 Å². The zero-order chi connectivity index (χ0) is 15.9. The monoisotopic (exact) mass is 292 g/mol. The molecule has 0 aliphatic carbocycles. The van der Waals surface area contributed by atoms with E-state index in [4.69, 9.17) is 4.74 Å². The second-order valence-electron chi connectivity index (χ2n) is 6.18. The number of rotatable bonds is 9. The molecule has 3 heteroatoms. The largest absolute Gasteiger partial charge is 0.493 e. The average molecular weight is 292 g/mol. The molecule has 1 aromatic rings. The molecule has 0 saturated heterocycles. The van der Waals surface area contributed by atoms with Crippen molar-refractivity contribution in [2.75, 3.05) is 6.61 Å². The third-order valence-electron chi connectivity index (χ3n) is 4.14. The summed E-state index contributed by atoms with van der Waals surface area (Å²) in [6.07, 6.45) is 4.80. The van der Waals surface area contributed by atoms with Crippen LogP contribution in [0.15, 0.2) is 24.3 Å². The van der Waals surface area contributed by atoms with Crippen molar-refractivity contribution < 1.29 is 14.6 Å². The number of hydrogen-bond acceptors (Lipinski definition) is 2. The molecule has 0 aromatic heterocycles. The van der Waals surface area contributed by atoms with E-state index in [1.165, 1.54) is 19.3 Å². The lowest BCUT2D eigenvalue weighted by atomic mass is 9.85. The maximum Gasteiger partial charge on any atom is 0.313 e. The maximum atomic E-state index is 11.2. The number of carboxylic acids is 1. The molecule has 1 atom stereocenters. The molecular weight excluding hydrogens is 264 g/mol. The van der Waals surface area contributed by atoms with Crippen LogP contribution in [-0.2, 0) is 10.2 Å². The minimum Gasteiger partial charge on any atom is -0.493 e. The van der Waals surface area contributed by atoms with Gasteiger partial charge in [0.25, 0.3) is 0 Å². The first kappa shape index (κ1) is 17.5. The van der Waals surface area contributed by atoms with Crippen LogP contribution < -0.4 is 4.74 Å². The molecule has 1 aromatic carbocycles. The molecule has 0 bridgehead atoms. The van der Waals surface area contributed by atoms with Crippen LogP contribution in [0.4, 0.5) is 0 Å². The summed E-state index contributed by atoms with van der Waals surface area (Å²) in [4.78, 5) is 11.2. The summed E-state index contributed by atoms with van der Waals surface area (Å²) in [5.41, 5.74) is -0.0774. The molecule has 1 rings (SSSR count). The first-order valence-corrected chi connectivity index (χ1v) is 7.88. The Morgan fingerprint density at radius 1 is 1.24 bits per heavy atom. The highest BCUT2D eigenvalue weighted by Gasteiger charge is 2.29.